The summed E-state index contributed by atoms with van der Waals surface area (Å²) in [6, 6.07) is 13.3. The van der Waals surface area contributed by atoms with E-state index in [-0.39, 0.29) is 10.9 Å². The number of hydrogen-bond donors (Lipinski definition) is 1. The zero-order valence-electron chi connectivity index (χ0n) is 9.95. The Morgan fingerprint density at radius 1 is 1.06 bits per heavy atom. The van der Waals surface area contributed by atoms with Gasteiger partial charge >= 0.3 is 0 Å². The van der Waals surface area contributed by atoms with E-state index < -0.39 is 10.0 Å². The highest BCUT2D eigenvalue weighted by molar-refractivity contribution is 7.89. The molecule has 0 bridgehead atoms. The van der Waals surface area contributed by atoms with Crippen molar-refractivity contribution in [1.82, 2.24) is 9.71 Å². The number of pyridine rings is 1. The van der Waals surface area contributed by atoms with E-state index in [1.807, 2.05) is 6.07 Å². The maximum absolute atomic E-state index is 12.1. The maximum atomic E-state index is 12.1. The Labute approximate surface area is 107 Å². The molecule has 4 nitrogen and oxygen atoms in total. The molecule has 0 aliphatic heterocycles. The molecular weight excluding hydrogens is 248 g/mol. The second-order valence-corrected chi connectivity index (χ2v) is 5.62. The molecule has 0 saturated carbocycles. The van der Waals surface area contributed by atoms with E-state index in [2.05, 4.69) is 9.71 Å². The molecule has 0 aliphatic carbocycles. The van der Waals surface area contributed by atoms with Gasteiger partial charge in [0.15, 0.2) is 0 Å². The maximum Gasteiger partial charge on any atom is 0.241 e. The zero-order valence-corrected chi connectivity index (χ0v) is 10.8. The SMILES string of the molecule is C[C@H](NS(=O)(=O)c1ccccc1)c1ccccn1. The third-order valence-corrected chi connectivity index (χ3v) is 4.07. The Kier molecular flexibility index (Phi) is 3.74. The molecule has 18 heavy (non-hydrogen) atoms. The summed E-state index contributed by atoms with van der Waals surface area (Å²) in [4.78, 5) is 4.39. The van der Waals surface area contributed by atoms with E-state index in [0.29, 0.717) is 5.69 Å². The molecule has 1 aromatic carbocycles. The monoisotopic (exact) mass is 262 g/mol. The molecule has 94 valence electrons. The predicted molar refractivity (Wildman–Crippen MR) is 69.4 cm³/mol. The summed E-state index contributed by atoms with van der Waals surface area (Å²) in [6.07, 6.45) is 1.64. The van der Waals surface area contributed by atoms with Crippen molar-refractivity contribution in [2.75, 3.05) is 0 Å². The van der Waals surface area contributed by atoms with E-state index in [1.165, 1.54) is 0 Å². The van der Waals surface area contributed by atoms with Crippen molar-refractivity contribution in [3.05, 3.63) is 60.4 Å². The highest BCUT2D eigenvalue weighted by Gasteiger charge is 2.18. The first-order valence-corrected chi connectivity index (χ1v) is 7.06. The Morgan fingerprint density at radius 3 is 2.33 bits per heavy atom. The van der Waals surface area contributed by atoms with Gasteiger partial charge in [0, 0.05) is 6.20 Å². The molecule has 5 heteroatoms. The van der Waals surface area contributed by atoms with Crippen molar-refractivity contribution >= 4 is 10.0 Å². The minimum absolute atomic E-state index is 0.257. The van der Waals surface area contributed by atoms with Gasteiger partial charge in [0.1, 0.15) is 0 Å². The van der Waals surface area contributed by atoms with Crippen molar-refractivity contribution in [1.29, 1.82) is 0 Å². The van der Waals surface area contributed by atoms with Gasteiger partial charge in [-0.1, -0.05) is 24.3 Å². The summed E-state index contributed by atoms with van der Waals surface area (Å²) in [5, 5.41) is 0. The lowest BCUT2D eigenvalue weighted by molar-refractivity contribution is 0.564. The normalized spacial score (nSPS) is 13.2. The van der Waals surface area contributed by atoms with Crippen LogP contribution in [0.2, 0.25) is 0 Å². The van der Waals surface area contributed by atoms with Gasteiger partial charge in [0.25, 0.3) is 0 Å². The second-order valence-electron chi connectivity index (χ2n) is 3.91. The van der Waals surface area contributed by atoms with Crippen LogP contribution in [0.3, 0.4) is 0 Å². The Bertz CT molecular complexity index is 597. The van der Waals surface area contributed by atoms with Crippen LogP contribution in [0.1, 0.15) is 18.7 Å². The highest BCUT2D eigenvalue weighted by Crippen LogP contribution is 2.14. The van der Waals surface area contributed by atoms with Gasteiger partial charge in [-0.3, -0.25) is 4.98 Å². The van der Waals surface area contributed by atoms with Crippen LogP contribution in [0, 0.1) is 0 Å². The largest absolute Gasteiger partial charge is 0.260 e. The molecule has 1 atom stereocenters. The fourth-order valence-electron chi connectivity index (χ4n) is 1.59. The minimum Gasteiger partial charge on any atom is -0.260 e. The summed E-state index contributed by atoms with van der Waals surface area (Å²) in [7, 11) is -3.50. The molecule has 0 saturated heterocycles. The van der Waals surface area contributed by atoms with Crippen LogP contribution in [0.15, 0.2) is 59.6 Å². The number of nitrogens with one attached hydrogen (secondary N) is 1. The average Bonchev–Trinajstić information content (AvgIpc) is 2.40. The van der Waals surface area contributed by atoms with Gasteiger partial charge in [-0.15, -0.1) is 0 Å². The van der Waals surface area contributed by atoms with Crippen LogP contribution in [0.5, 0.6) is 0 Å². The van der Waals surface area contributed by atoms with Crippen LogP contribution >= 0.6 is 0 Å². The summed E-state index contributed by atoms with van der Waals surface area (Å²) in [5.74, 6) is 0. The Balaban J connectivity index is 2.20. The number of nitrogens with zero attached hydrogens (tertiary/aromatic N) is 1. The fourth-order valence-corrected chi connectivity index (χ4v) is 2.83. The van der Waals surface area contributed by atoms with Crippen molar-refractivity contribution in [2.45, 2.75) is 17.9 Å². The molecule has 1 N–H and O–H groups in total. The second kappa shape index (κ2) is 5.29. The molecule has 0 radical (unpaired) electrons. The van der Waals surface area contributed by atoms with E-state index in [0.717, 1.165) is 0 Å². The Morgan fingerprint density at radius 2 is 1.72 bits per heavy atom. The van der Waals surface area contributed by atoms with Crippen molar-refractivity contribution in [3.63, 3.8) is 0 Å². The van der Waals surface area contributed by atoms with Crippen LogP contribution in [0.4, 0.5) is 0 Å². The number of hydrogen-bond acceptors (Lipinski definition) is 3. The van der Waals surface area contributed by atoms with Crippen molar-refractivity contribution < 1.29 is 8.42 Å². The molecule has 0 unspecified atom stereocenters. The van der Waals surface area contributed by atoms with Gasteiger partial charge in [0.05, 0.1) is 16.6 Å². The van der Waals surface area contributed by atoms with Gasteiger partial charge in [-0.2, -0.15) is 0 Å². The molecule has 0 aliphatic rings. The molecular formula is C13H14N2O2S. The van der Waals surface area contributed by atoms with Gasteiger partial charge in [-0.05, 0) is 31.2 Å². The van der Waals surface area contributed by atoms with E-state index in [9.17, 15) is 8.42 Å². The van der Waals surface area contributed by atoms with Crippen LogP contribution in [0.25, 0.3) is 0 Å². The van der Waals surface area contributed by atoms with Crippen molar-refractivity contribution in [3.8, 4) is 0 Å². The quantitative estimate of drug-likeness (QED) is 0.918. The van der Waals surface area contributed by atoms with Gasteiger partial charge in [-0.25, -0.2) is 13.1 Å². The molecule has 0 fully saturated rings. The summed E-state index contributed by atoms with van der Waals surface area (Å²) < 4.78 is 26.8. The van der Waals surface area contributed by atoms with Crippen LogP contribution in [-0.4, -0.2) is 13.4 Å². The number of rotatable bonds is 4. The first-order chi connectivity index (χ1) is 8.59. The number of benzene rings is 1. The third kappa shape index (κ3) is 2.94. The van der Waals surface area contributed by atoms with Gasteiger partial charge in [0.2, 0.25) is 10.0 Å². The molecule has 1 aromatic heterocycles. The van der Waals surface area contributed by atoms with E-state index in [4.69, 9.17) is 0 Å². The number of aromatic nitrogens is 1. The molecule has 2 rings (SSSR count). The molecule has 0 spiro atoms. The van der Waals surface area contributed by atoms with E-state index >= 15 is 0 Å². The minimum atomic E-state index is -3.50. The van der Waals surface area contributed by atoms with E-state index in [1.54, 1.807) is 55.6 Å². The smallest absolute Gasteiger partial charge is 0.241 e. The van der Waals surface area contributed by atoms with Crippen molar-refractivity contribution in [2.24, 2.45) is 0 Å². The molecule has 2 aromatic rings. The molecule has 1 heterocycles. The molecule has 0 amide bonds. The zero-order chi connectivity index (χ0) is 13.0. The average molecular weight is 262 g/mol. The van der Waals surface area contributed by atoms with Crippen LogP contribution < -0.4 is 4.72 Å². The Hall–Kier alpha value is -1.72. The first kappa shape index (κ1) is 12.7. The summed E-state index contributed by atoms with van der Waals surface area (Å²) >= 11 is 0. The van der Waals surface area contributed by atoms with Crippen LogP contribution in [-0.2, 0) is 10.0 Å². The van der Waals surface area contributed by atoms with Gasteiger partial charge < -0.3 is 0 Å². The number of sulfonamides is 1. The standard InChI is InChI=1S/C13H14N2O2S/c1-11(13-9-5-6-10-14-13)15-18(16,17)12-7-3-2-4-8-12/h2-11,15H,1H3/t11-/m0/s1. The lowest BCUT2D eigenvalue weighted by Gasteiger charge is -2.13. The fraction of sp³-hybridized carbons (Fsp3) is 0.154. The summed E-state index contributed by atoms with van der Waals surface area (Å²) in [6.45, 7) is 1.77. The first-order valence-electron chi connectivity index (χ1n) is 5.58. The topological polar surface area (TPSA) is 59.1 Å². The lowest BCUT2D eigenvalue weighted by atomic mass is 10.2. The third-order valence-electron chi connectivity index (χ3n) is 2.52. The highest BCUT2D eigenvalue weighted by atomic mass is 32.2. The summed E-state index contributed by atoms with van der Waals surface area (Å²) in [5.41, 5.74) is 0.692. The predicted octanol–water partition coefficient (Wildman–Crippen LogP) is 2.12. The lowest BCUT2D eigenvalue weighted by Crippen LogP contribution is -2.27.